The van der Waals surface area contributed by atoms with Crippen molar-refractivity contribution in [2.75, 3.05) is 33.7 Å². The first kappa shape index (κ1) is 14.4. The summed E-state index contributed by atoms with van der Waals surface area (Å²) < 4.78 is 0. The number of unbranched alkanes of at least 4 members (excludes halogenated alkanes) is 3. The molecule has 0 saturated heterocycles. The molecule has 4 nitrogen and oxygen atoms in total. The minimum absolute atomic E-state index is 0.315. The van der Waals surface area contributed by atoms with Crippen molar-refractivity contribution in [3.05, 3.63) is 0 Å². The summed E-state index contributed by atoms with van der Waals surface area (Å²) in [7, 11) is 4.08. The van der Waals surface area contributed by atoms with Gasteiger partial charge in [-0.25, -0.2) is 0 Å². The van der Waals surface area contributed by atoms with Crippen LogP contribution in [0.1, 0.15) is 32.1 Å². The molecule has 0 spiro atoms. The predicted molar refractivity (Wildman–Crippen MR) is 62.1 cm³/mol. The molecule has 0 heterocycles. The van der Waals surface area contributed by atoms with Crippen LogP contribution in [0, 0.1) is 0 Å². The van der Waals surface area contributed by atoms with Gasteiger partial charge in [-0.15, -0.1) is 0 Å². The number of rotatable bonds is 10. The molecule has 0 aromatic heterocycles. The van der Waals surface area contributed by atoms with E-state index in [0.717, 1.165) is 38.9 Å². The van der Waals surface area contributed by atoms with Crippen molar-refractivity contribution in [1.29, 1.82) is 0 Å². The second-order valence-corrected chi connectivity index (χ2v) is 3.96. The van der Waals surface area contributed by atoms with Crippen LogP contribution in [0.25, 0.3) is 0 Å². The molecule has 15 heavy (non-hydrogen) atoms. The summed E-state index contributed by atoms with van der Waals surface area (Å²) in [6, 6.07) is 0. The molecule has 0 aliphatic rings. The standard InChI is InChI=1S/C11H24N2O2/c1-12-8-10-13(2)9-6-4-3-5-7-11(14)15/h12H,3-10H2,1-2H3,(H,14,15). The van der Waals surface area contributed by atoms with Crippen molar-refractivity contribution in [2.24, 2.45) is 0 Å². The lowest BCUT2D eigenvalue weighted by Crippen LogP contribution is -2.28. The quantitative estimate of drug-likeness (QED) is 0.538. The molecule has 0 aromatic carbocycles. The number of nitrogens with zero attached hydrogens (tertiary/aromatic N) is 1. The van der Waals surface area contributed by atoms with Gasteiger partial charge < -0.3 is 15.3 Å². The summed E-state index contributed by atoms with van der Waals surface area (Å²) in [6.07, 6.45) is 4.47. The van der Waals surface area contributed by atoms with E-state index in [1.807, 2.05) is 7.05 Å². The summed E-state index contributed by atoms with van der Waals surface area (Å²) in [4.78, 5) is 12.5. The zero-order valence-corrected chi connectivity index (χ0v) is 9.96. The van der Waals surface area contributed by atoms with Gasteiger partial charge in [0.15, 0.2) is 0 Å². The molecule has 0 rings (SSSR count). The van der Waals surface area contributed by atoms with Gasteiger partial charge in [0.2, 0.25) is 0 Å². The lowest BCUT2D eigenvalue weighted by atomic mass is 10.1. The molecule has 0 bridgehead atoms. The Morgan fingerprint density at radius 1 is 1.20 bits per heavy atom. The van der Waals surface area contributed by atoms with E-state index in [9.17, 15) is 4.79 Å². The predicted octanol–water partition coefficient (Wildman–Crippen LogP) is 1.17. The fourth-order valence-electron chi connectivity index (χ4n) is 1.43. The number of hydrogen-bond donors (Lipinski definition) is 2. The van der Waals surface area contributed by atoms with Gasteiger partial charge in [0.05, 0.1) is 0 Å². The third-order valence-electron chi connectivity index (χ3n) is 2.42. The molecule has 0 fully saturated rings. The average Bonchev–Trinajstić information content (AvgIpc) is 2.19. The van der Waals surface area contributed by atoms with E-state index < -0.39 is 5.97 Å². The van der Waals surface area contributed by atoms with Gasteiger partial charge >= 0.3 is 5.97 Å². The Morgan fingerprint density at radius 2 is 1.87 bits per heavy atom. The van der Waals surface area contributed by atoms with Crippen molar-refractivity contribution in [3.63, 3.8) is 0 Å². The highest BCUT2D eigenvalue weighted by Gasteiger charge is 1.98. The lowest BCUT2D eigenvalue weighted by molar-refractivity contribution is -0.137. The SMILES string of the molecule is CNCCN(C)CCCCCCC(=O)O. The number of carboxylic acid groups (broad SMARTS) is 1. The monoisotopic (exact) mass is 216 g/mol. The summed E-state index contributed by atoms with van der Waals surface area (Å²) in [5.74, 6) is -0.680. The Bertz CT molecular complexity index is 163. The minimum atomic E-state index is -0.680. The third-order valence-corrected chi connectivity index (χ3v) is 2.42. The zero-order valence-electron chi connectivity index (χ0n) is 9.96. The van der Waals surface area contributed by atoms with Crippen LogP contribution < -0.4 is 5.32 Å². The molecule has 0 aliphatic carbocycles. The first-order valence-corrected chi connectivity index (χ1v) is 5.71. The molecule has 0 aromatic rings. The van der Waals surface area contributed by atoms with Crippen molar-refractivity contribution in [1.82, 2.24) is 10.2 Å². The summed E-state index contributed by atoms with van der Waals surface area (Å²) >= 11 is 0. The Labute approximate surface area is 92.7 Å². The number of likely N-dealkylation sites (N-methyl/N-ethyl adjacent to an activating group) is 2. The fraction of sp³-hybridized carbons (Fsp3) is 0.909. The van der Waals surface area contributed by atoms with E-state index in [-0.39, 0.29) is 0 Å². The van der Waals surface area contributed by atoms with Crippen LogP contribution >= 0.6 is 0 Å². The van der Waals surface area contributed by atoms with Crippen molar-refractivity contribution >= 4 is 5.97 Å². The third kappa shape index (κ3) is 11.3. The molecule has 0 aliphatic heterocycles. The highest BCUT2D eigenvalue weighted by Crippen LogP contribution is 2.03. The van der Waals surface area contributed by atoms with E-state index in [1.54, 1.807) is 0 Å². The van der Waals surface area contributed by atoms with Gasteiger partial charge in [0.1, 0.15) is 0 Å². The van der Waals surface area contributed by atoms with Crippen LogP contribution in [-0.4, -0.2) is 49.7 Å². The van der Waals surface area contributed by atoms with Gasteiger partial charge in [-0.2, -0.15) is 0 Å². The smallest absolute Gasteiger partial charge is 0.303 e. The van der Waals surface area contributed by atoms with Crippen molar-refractivity contribution in [3.8, 4) is 0 Å². The van der Waals surface area contributed by atoms with Crippen LogP contribution in [0.5, 0.6) is 0 Å². The second-order valence-electron chi connectivity index (χ2n) is 3.96. The number of carbonyl (C=O) groups is 1. The van der Waals surface area contributed by atoms with Gasteiger partial charge in [0.25, 0.3) is 0 Å². The fourth-order valence-corrected chi connectivity index (χ4v) is 1.43. The summed E-state index contributed by atoms with van der Waals surface area (Å²) in [6.45, 7) is 3.20. The van der Waals surface area contributed by atoms with E-state index in [4.69, 9.17) is 5.11 Å². The Hall–Kier alpha value is -0.610. The number of nitrogens with one attached hydrogen (secondary N) is 1. The molecule has 0 saturated carbocycles. The van der Waals surface area contributed by atoms with E-state index >= 15 is 0 Å². The molecular weight excluding hydrogens is 192 g/mol. The van der Waals surface area contributed by atoms with Crippen LogP contribution in [0.15, 0.2) is 0 Å². The normalized spacial score (nSPS) is 10.9. The van der Waals surface area contributed by atoms with Gasteiger partial charge in [-0.1, -0.05) is 12.8 Å². The first-order valence-electron chi connectivity index (χ1n) is 5.71. The van der Waals surface area contributed by atoms with E-state index in [0.29, 0.717) is 6.42 Å². The molecule has 90 valence electrons. The Morgan fingerprint density at radius 3 is 2.47 bits per heavy atom. The number of carboxylic acids is 1. The first-order chi connectivity index (χ1) is 7.16. The summed E-state index contributed by atoms with van der Waals surface area (Å²) in [5, 5.41) is 11.6. The number of hydrogen-bond acceptors (Lipinski definition) is 3. The Kier molecular flexibility index (Phi) is 9.52. The highest BCUT2D eigenvalue weighted by molar-refractivity contribution is 5.66. The van der Waals surface area contributed by atoms with Crippen molar-refractivity contribution < 1.29 is 9.90 Å². The molecule has 0 unspecified atom stereocenters. The maximum atomic E-state index is 10.2. The zero-order chi connectivity index (χ0) is 11.5. The molecule has 0 amide bonds. The maximum absolute atomic E-state index is 10.2. The second kappa shape index (κ2) is 9.93. The topological polar surface area (TPSA) is 52.6 Å². The van der Waals surface area contributed by atoms with E-state index in [2.05, 4.69) is 17.3 Å². The van der Waals surface area contributed by atoms with Gasteiger partial charge in [0, 0.05) is 19.5 Å². The molecule has 2 N–H and O–H groups in total. The number of aliphatic carboxylic acids is 1. The highest BCUT2D eigenvalue weighted by atomic mass is 16.4. The Balaban J connectivity index is 3.12. The molecule has 4 heteroatoms. The van der Waals surface area contributed by atoms with E-state index in [1.165, 1.54) is 6.42 Å². The largest absolute Gasteiger partial charge is 0.481 e. The lowest BCUT2D eigenvalue weighted by Gasteiger charge is -2.15. The average molecular weight is 216 g/mol. The van der Waals surface area contributed by atoms with Crippen LogP contribution in [-0.2, 0) is 4.79 Å². The van der Waals surface area contributed by atoms with Crippen LogP contribution in [0.4, 0.5) is 0 Å². The molecular formula is C11H24N2O2. The van der Waals surface area contributed by atoms with Crippen molar-refractivity contribution in [2.45, 2.75) is 32.1 Å². The maximum Gasteiger partial charge on any atom is 0.303 e. The molecule has 0 atom stereocenters. The van der Waals surface area contributed by atoms with Crippen LogP contribution in [0.3, 0.4) is 0 Å². The minimum Gasteiger partial charge on any atom is -0.481 e. The van der Waals surface area contributed by atoms with Gasteiger partial charge in [-0.3, -0.25) is 4.79 Å². The summed E-state index contributed by atoms with van der Waals surface area (Å²) in [5.41, 5.74) is 0. The van der Waals surface area contributed by atoms with Crippen LogP contribution in [0.2, 0.25) is 0 Å². The van der Waals surface area contributed by atoms with Gasteiger partial charge in [-0.05, 0) is 33.5 Å². The molecule has 0 radical (unpaired) electrons.